The molecule has 0 aliphatic rings. The molecule has 142 valence electrons. The molecule has 0 aliphatic heterocycles. The van der Waals surface area contributed by atoms with Gasteiger partial charge in [-0.05, 0) is 65.9 Å². The molecule has 0 saturated heterocycles. The van der Waals surface area contributed by atoms with Gasteiger partial charge in [-0.3, -0.25) is 4.79 Å². The number of hydrogen-bond acceptors (Lipinski definition) is 4. The van der Waals surface area contributed by atoms with Gasteiger partial charge in [0, 0.05) is 26.1 Å². The van der Waals surface area contributed by atoms with Crippen LogP contribution in [0.3, 0.4) is 0 Å². The van der Waals surface area contributed by atoms with Crippen LogP contribution in [0.25, 0.3) is 0 Å². The van der Waals surface area contributed by atoms with Crippen molar-refractivity contribution in [2.75, 3.05) is 6.26 Å². The molecular weight excluding hydrogens is 408 g/mol. The van der Waals surface area contributed by atoms with Crippen molar-refractivity contribution < 1.29 is 4.79 Å². The monoisotopic (exact) mass is 426 g/mol. The van der Waals surface area contributed by atoms with E-state index in [1.165, 1.54) is 4.90 Å². The fourth-order valence-electron chi connectivity index (χ4n) is 2.37. The van der Waals surface area contributed by atoms with Crippen molar-refractivity contribution >= 4 is 47.2 Å². The summed E-state index contributed by atoms with van der Waals surface area (Å²) in [7, 11) is 0. The largest absolute Gasteiger partial charge is 0.271 e. The van der Waals surface area contributed by atoms with Gasteiger partial charge in [-0.1, -0.05) is 35.9 Å². The lowest BCUT2D eigenvalue weighted by atomic mass is 10.1. The van der Waals surface area contributed by atoms with Gasteiger partial charge in [0.05, 0.1) is 6.21 Å². The van der Waals surface area contributed by atoms with Gasteiger partial charge in [0.25, 0.3) is 5.91 Å². The maximum Gasteiger partial charge on any atom is 0.271 e. The fraction of sp³-hybridized carbons (Fsp3) is 0.0909. The van der Waals surface area contributed by atoms with E-state index in [1.807, 2.05) is 79.1 Å². The third-order valence-corrected chi connectivity index (χ3v) is 6.01. The number of amides is 1. The minimum absolute atomic E-state index is 0.228. The Balaban J connectivity index is 1.51. The maximum absolute atomic E-state index is 12.2. The van der Waals surface area contributed by atoms with Gasteiger partial charge >= 0.3 is 0 Å². The number of carbonyl (C=O) groups excluding carboxylic acids is 1. The molecule has 0 bridgehead atoms. The normalized spacial score (nSPS) is 10.9. The van der Waals surface area contributed by atoms with Crippen LogP contribution in [-0.2, 0) is 5.75 Å². The van der Waals surface area contributed by atoms with Gasteiger partial charge in [0.15, 0.2) is 0 Å². The van der Waals surface area contributed by atoms with Crippen LogP contribution < -0.4 is 5.43 Å². The minimum atomic E-state index is -0.228. The first-order valence-electron chi connectivity index (χ1n) is 8.59. The molecule has 1 amide bonds. The van der Waals surface area contributed by atoms with Crippen LogP contribution in [0.2, 0.25) is 5.02 Å². The molecule has 6 heteroatoms. The molecule has 3 aromatic carbocycles. The summed E-state index contributed by atoms with van der Waals surface area (Å²) < 4.78 is 0. The molecule has 3 aromatic rings. The number of benzene rings is 3. The summed E-state index contributed by atoms with van der Waals surface area (Å²) in [5, 5.41) is 4.77. The number of carbonyl (C=O) groups is 1. The summed E-state index contributed by atoms with van der Waals surface area (Å²) in [6.07, 6.45) is 3.67. The van der Waals surface area contributed by atoms with E-state index in [0.717, 1.165) is 26.8 Å². The quantitative estimate of drug-likeness (QED) is 0.281. The predicted octanol–water partition coefficient (Wildman–Crippen LogP) is 6.12. The Morgan fingerprint density at radius 3 is 2.25 bits per heavy atom. The van der Waals surface area contributed by atoms with E-state index in [4.69, 9.17) is 11.6 Å². The SMILES string of the molecule is CSc1ccc(/C=N\NC(=O)c2ccc(CSc3ccc(Cl)cc3)cc2)cc1. The number of hydrazone groups is 1. The topological polar surface area (TPSA) is 41.5 Å². The van der Waals surface area contributed by atoms with Crippen LogP contribution in [0.15, 0.2) is 87.7 Å². The molecule has 0 spiro atoms. The highest BCUT2D eigenvalue weighted by molar-refractivity contribution is 7.98. The van der Waals surface area contributed by atoms with Gasteiger partial charge in [-0.15, -0.1) is 23.5 Å². The van der Waals surface area contributed by atoms with Gasteiger partial charge < -0.3 is 0 Å². The van der Waals surface area contributed by atoms with E-state index in [0.29, 0.717) is 5.56 Å². The molecule has 0 aromatic heterocycles. The van der Waals surface area contributed by atoms with Crippen molar-refractivity contribution in [2.45, 2.75) is 15.5 Å². The van der Waals surface area contributed by atoms with Crippen LogP contribution in [0, 0.1) is 0 Å². The minimum Gasteiger partial charge on any atom is -0.267 e. The summed E-state index contributed by atoms with van der Waals surface area (Å²) in [6.45, 7) is 0. The van der Waals surface area contributed by atoms with Crippen LogP contribution in [-0.4, -0.2) is 18.4 Å². The zero-order valence-corrected chi connectivity index (χ0v) is 17.7. The second-order valence-electron chi connectivity index (χ2n) is 5.91. The van der Waals surface area contributed by atoms with Crippen molar-refractivity contribution in [2.24, 2.45) is 5.10 Å². The van der Waals surface area contributed by atoms with E-state index in [9.17, 15) is 4.79 Å². The molecule has 0 heterocycles. The molecule has 3 nitrogen and oxygen atoms in total. The maximum atomic E-state index is 12.2. The molecule has 1 N–H and O–H groups in total. The summed E-state index contributed by atoms with van der Waals surface area (Å²) in [6, 6.07) is 23.3. The highest BCUT2D eigenvalue weighted by Crippen LogP contribution is 2.24. The zero-order chi connectivity index (χ0) is 19.8. The highest BCUT2D eigenvalue weighted by atomic mass is 35.5. The van der Waals surface area contributed by atoms with E-state index in [2.05, 4.69) is 10.5 Å². The lowest BCUT2D eigenvalue weighted by Crippen LogP contribution is -2.17. The molecule has 0 aliphatic carbocycles. The second kappa shape index (κ2) is 10.4. The fourth-order valence-corrected chi connectivity index (χ4v) is 3.76. The van der Waals surface area contributed by atoms with Crippen LogP contribution in [0.1, 0.15) is 21.5 Å². The Bertz CT molecular complexity index is 940. The smallest absolute Gasteiger partial charge is 0.267 e. The summed E-state index contributed by atoms with van der Waals surface area (Å²) in [5.41, 5.74) is 5.23. The predicted molar refractivity (Wildman–Crippen MR) is 121 cm³/mol. The van der Waals surface area contributed by atoms with Crippen molar-refractivity contribution in [3.63, 3.8) is 0 Å². The molecule has 28 heavy (non-hydrogen) atoms. The van der Waals surface area contributed by atoms with Crippen molar-refractivity contribution in [1.82, 2.24) is 5.43 Å². The van der Waals surface area contributed by atoms with Gasteiger partial charge in [0.2, 0.25) is 0 Å². The standard InChI is InChI=1S/C22H19ClN2OS2/c1-27-20-10-4-16(5-11-20)14-24-25-22(26)18-6-2-17(3-7-18)15-28-21-12-8-19(23)9-13-21/h2-14H,15H2,1H3,(H,25,26)/b24-14-. The van der Waals surface area contributed by atoms with Gasteiger partial charge in [-0.2, -0.15) is 5.10 Å². The Kier molecular flexibility index (Phi) is 7.60. The summed E-state index contributed by atoms with van der Waals surface area (Å²) >= 11 is 9.31. The number of thioether (sulfide) groups is 2. The molecule has 0 radical (unpaired) electrons. The summed E-state index contributed by atoms with van der Waals surface area (Å²) in [5.74, 6) is 0.599. The lowest BCUT2D eigenvalue weighted by Gasteiger charge is -2.04. The van der Waals surface area contributed by atoms with Crippen molar-refractivity contribution in [3.8, 4) is 0 Å². The molecule has 0 unspecified atom stereocenters. The van der Waals surface area contributed by atoms with Crippen LogP contribution in [0.4, 0.5) is 0 Å². The van der Waals surface area contributed by atoms with Crippen molar-refractivity contribution in [1.29, 1.82) is 0 Å². The second-order valence-corrected chi connectivity index (χ2v) is 8.28. The van der Waals surface area contributed by atoms with Crippen LogP contribution >= 0.6 is 35.1 Å². The molecule has 0 saturated carbocycles. The number of nitrogens with one attached hydrogen (secondary N) is 1. The lowest BCUT2D eigenvalue weighted by molar-refractivity contribution is 0.0955. The van der Waals surface area contributed by atoms with E-state index in [1.54, 1.807) is 29.7 Å². The first-order chi connectivity index (χ1) is 13.6. The number of hydrogen-bond donors (Lipinski definition) is 1. The zero-order valence-electron chi connectivity index (χ0n) is 15.3. The number of rotatable bonds is 7. The summed E-state index contributed by atoms with van der Waals surface area (Å²) in [4.78, 5) is 14.6. The Morgan fingerprint density at radius 2 is 1.61 bits per heavy atom. The number of halogens is 1. The Morgan fingerprint density at radius 1 is 0.964 bits per heavy atom. The average molecular weight is 427 g/mol. The number of nitrogens with zero attached hydrogens (tertiary/aromatic N) is 1. The first kappa shape index (κ1) is 20.5. The van der Waals surface area contributed by atoms with E-state index in [-0.39, 0.29) is 5.91 Å². The van der Waals surface area contributed by atoms with Crippen molar-refractivity contribution in [3.05, 3.63) is 94.5 Å². The third-order valence-electron chi connectivity index (χ3n) is 3.93. The first-order valence-corrected chi connectivity index (χ1v) is 11.2. The van der Waals surface area contributed by atoms with Gasteiger partial charge in [-0.25, -0.2) is 5.43 Å². The van der Waals surface area contributed by atoms with E-state index < -0.39 is 0 Å². The van der Waals surface area contributed by atoms with E-state index >= 15 is 0 Å². The average Bonchev–Trinajstić information content (AvgIpc) is 2.74. The molecule has 3 rings (SSSR count). The third kappa shape index (κ3) is 6.16. The molecular formula is C22H19ClN2OS2. The van der Waals surface area contributed by atoms with Gasteiger partial charge in [0.1, 0.15) is 0 Å². The Labute approximate surface area is 178 Å². The highest BCUT2D eigenvalue weighted by Gasteiger charge is 2.04. The molecule has 0 fully saturated rings. The van der Waals surface area contributed by atoms with Crippen LogP contribution in [0.5, 0.6) is 0 Å². The molecule has 0 atom stereocenters. The Hall–Kier alpha value is -2.21.